The minimum Gasteiger partial charge on any atom is -0.477 e. The molecule has 0 bridgehead atoms. The van der Waals surface area contributed by atoms with Crippen LogP contribution in [0.25, 0.3) is 0 Å². The van der Waals surface area contributed by atoms with Gasteiger partial charge in [0.15, 0.2) is 0 Å². The maximum absolute atomic E-state index is 12.3. The van der Waals surface area contributed by atoms with E-state index in [0.29, 0.717) is 23.0 Å². The molecule has 2 rings (SSSR count). The van der Waals surface area contributed by atoms with Gasteiger partial charge in [0.1, 0.15) is 11.4 Å². The predicted molar refractivity (Wildman–Crippen MR) is 80.2 cm³/mol. The van der Waals surface area contributed by atoms with Crippen molar-refractivity contribution in [3.8, 4) is 0 Å². The van der Waals surface area contributed by atoms with Crippen molar-refractivity contribution in [1.82, 2.24) is 9.55 Å². The van der Waals surface area contributed by atoms with Crippen LogP contribution < -0.4 is 5.32 Å². The highest BCUT2D eigenvalue weighted by Crippen LogP contribution is 2.20. The molecule has 0 aromatic carbocycles. The summed E-state index contributed by atoms with van der Waals surface area (Å²) in [6.45, 7) is 4.37. The zero-order valence-corrected chi connectivity index (χ0v) is 12.5. The lowest BCUT2D eigenvalue weighted by Gasteiger charge is -2.08. The number of aryl methyl sites for hydroxylation is 2. The highest BCUT2D eigenvalue weighted by molar-refractivity contribution is 6.31. The van der Waals surface area contributed by atoms with Gasteiger partial charge in [-0.05, 0) is 25.5 Å². The number of H-pyrrole nitrogens is 1. The summed E-state index contributed by atoms with van der Waals surface area (Å²) < 4.78 is 1.75. The number of anilines is 1. The average Bonchev–Trinajstić information content (AvgIpc) is 2.93. The molecule has 2 aromatic heterocycles. The number of rotatable bonds is 5. The topological polar surface area (TPSA) is 87.1 Å². The Hall–Kier alpha value is -2.21. The van der Waals surface area contributed by atoms with E-state index in [1.165, 1.54) is 0 Å². The molecule has 0 aliphatic heterocycles. The van der Waals surface area contributed by atoms with E-state index in [0.717, 1.165) is 6.42 Å². The lowest BCUT2D eigenvalue weighted by atomic mass is 10.3. The van der Waals surface area contributed by atoms with Gasteiger partial charge in [0.2, 0.25) is 0 Å². The minimum atomic E-state index is -1.12. The molecule has 7 heteroatoms. The van der Waals surface area contributed by atoms with Gasteiger partial charge in [-0.3, -0.25) is 4.79 Å². The molecule has 0 aliphatic rings. The van der Waals surface area contributed by atoms with Gasteiger partial charge in [0.25, 0.3) is 5.91 Å². The molecule has 3 N–H and O–H groups in total. The fourth-order valence-electron chi connectivity index (χ4n) is 2.13. The predicted octanol–water partition coefficient (Wildman–Crippen LogP) is 3.14. The van der Waals surface area contributed by atoms with Crippen molar-refractivity contribution in [3.05, 3.63) is 40.4 Å². The largest absolute Gasteiger partial charge is 0.477 e. The fraction of sp³-hybridized carbons (Fsp3) is 0.286. The molecule has 2 aromatic rings. The van der Waals surface area contributed by atoms with Gasteiger partial charge in [-0.15, -0.1) is 0 Å². The third-order valence-electron chi connectivity index (χ3n) is 2.97. The number of carboxylic acids is 1. The van der Waals surface area contributed by atoms with Crippen LogP contribution in [0.4, 0.5) is 5.69 Å². The second kappa shape index (κ2) is 6.05. The first-order valence-corrected chi connectivity index (χ1v) is 6.90. The second-order valence-corrected chi connectivity index (χ2v) is 5.17. The van der Waals surface area contributed by atoms with Gasteiger partial charge in [0.05, 0.1) is 10.7 Å². The summed E-state index contributed by atoms with van der Waals surface area (Å²) >= 11 is 5.93. The third kappa shape index (κ3) is 3.28. The normalized spacial score (nSPS) is 10.6. The van der Waals surface area contributed by atoms with Crippen LogP contribution in [0.5, 0.6) is 0 Å². The summed E-state index contributed by atoms with van der Waals surface area (Å²) in [5.41, 5.74) is 1.26. The number of hydrogen-bond acceptors (Lipinski definition) is 2. The Morgan fingerprint density at radius 1 is 1.43 bits per heavy atom. The van der Waals surface area contributed by atoms with E-state index in [4.69, 9.17) is 16.7 Å². The van der Waals surface area contributed by atoms with Crippen molar-refractivity contribution in [1.29, 1.82) is 0 Å². The van der Waals surface area contributed by atoms with E-state index in [1.807, 2.05) is 6.92 Å². The Balaban J connectivity index is 2.28. The lowest BCUT2D eigenvalue weighted by molar-refractivity contribution is 0.0692. The Kier molecular flexibility index (Phi) is 4.37. The van der Waals surface area contributed by atoms with Crippen molar-refractivity contribution in [2.45, 2.75) is 26.8 Å². The molecule has 21 heavy (non-hydrogen) atoms. The number of aromatic amines is 1. The molecule has 0 fully saturated rings. The van der Waals surface area contributed by atoms with Crippen molar-refractivity contribution < 1.29 is 14.7 Å². The van der Waals surface area contributed by atoms with Crippen molar-refractivity contribution >= 4 is 29.2 Å². The van der Waals surface area contributed by atoms with E-state index >= 15 is 0 Å². The molecule has 112 valence electrons. The molecular weight excluding hydrogens is 294 g/mol. The van der Waals surface area contributed by atoms with Crippen LogP contribution in [0.3, 0.4) is 0 Å². The van der Waals surface area contributed by atoms with Crippen LogP contribution in [0, 0.1) is 6.92 Å². The van der Waals surface area contributed by atoms with E-state index in [-0.39, 0.29) is 11.4 Å². The van der Waals surface area contributed by atoms with Gasteiger partial charge in [-0.1, -0.05) is 18.5 Å². The SMILES string of the molecule is CCCn1cc(Cl)cc1C(=O)Nc1cc(C)[nH]c1C(=O)O. The number of carbonyl (C=O) groups is 2. The van der Waals surface area contributed by atoms with Crippen LogP contribution >= 0.6 is 11.6 Å². The smallest absolute Gasteiger partial charge is 0.354 e. The molecule has 0 saturated carbocycles. The summed E-state index contributed by atoms with van der Waals surface area (Å²) in [7, 11) is 0. The zero-order valence-electron chi connectivity index (χ0n) is 11.7. The van der Waals surface area contributed by atoms with Crippen molar-refractivity contribution in [2.75, 3.05) is 5.32 Å². The Morgan fingerprint density at radius 3 is 2.76 bits per heavy atom. The van der Waals surface area contributed by atoms with Crippen LogP contribution in [-0.4, -0.2) is 26.5 Å². The summed E-state index contributed by atoms with van der Waals surface area (Å²) in [4.78, 5) is 26.1. The lowest BCUT2D eigenvalue weighted by Crippen LogP contribution is -2.18. The van der Waals surface area contributed by atoms with Gasteiger partial charge in [0, 0.05) is 18.4 Å². The molecule has 6 nitrogen and oxygen atoms in total. The zero-order chi connectivity index (χ0) is 15.6. The van der Waals surface area contributed by atoms with Crippen LogP contribution in [0.15, 0.2) is 18.3 Å². The van der Waals surface area contributed by atoms with Gasteiger partial charge in [-0.25, -0.2) is 4.79 Å². The Bertz CT molecular complexity index is 688. The Morgan fingerprint density at radius 2 is 2.14 bits per heavy atom. The van der Waals surface area contributed by atoms with E-state index in [1.54, 1.807) is 29.8 Å². The average molecular weight is 310 g/mol. The first kappa shape index (κ1) is 15.2. The number of nitrogens with zero attached hydrogens (tertiary/aromatic N) is 1. The minimum absolute atomic E-state index is 0.0412. The maximum atomic E-state index is 12.3. The van der Waals surface area contributed by atoms with Crippen LogP contribution in [-0.2, 0) is 6.54 Å². The first-order valence-electron chi connectivity index (χ1n) is 6.52. The number of amides is 1. The van der Waals surface area contributed by atoms with Gasteiger partial charge >= 0.3 is 5.97 Å². The van der Waals surface area contributed by atoms with E-state index in [2.05, 4.69) is 10.3 Å². The first-order chi connectivity index (χ1) is 9.92. The monoisotopic (exact) mass is 309 g/mol. The number of aromatic carboxylic acids is 1. The Labute approximate surface area is 126 Å². The highest BCUT2D eigenvalue weighted by atomic mass is 35.5. The molecule has 0 aliphatic carbocycles. The quantitative estimate of drug-likeness (QED) is 0.793. The standard InChI is InChI=1S/C14H16ClN3O3/c1-3-4-18-7-9(15)6-11(18)13(19)17-10-5-8(2)16-12(10)14(20)21/h5-7,16H,3-4H2,1-2H3,(H,17,19)(H,20,21). The summed E-state index contributed by atoms with van der Waals surface area (Å²) in [5, 5.41) is 12.2. The number of halogens is 1. The number of aromatic nitrogens is 2. The van der Waals surface area contributed by atoms with Crippen molar-refractivity contribution in [3.63, 3.8) is 0 Å². The summed E-state index contributed by atoms with van der Waals surface area (Å²) in [6, 6.07) is 3.14. The number of hydrogen-bond donors (Lipinski definition) is 3. The molecule has 1 amide bonds. The van der Waals surface area contributed by atoms with Crippen LogP contribution in [0.1, 0.15) is 40.0 Å². The highest BCUT2D eigenvalue weighted by Gasteiger charge is 2.18. The third-order valence-corrected chi connectivity index (χ3v) is 3.18. The molecule has 0 atom stereocenters. The fourth-order valence-corrected chi connectivity index (χ4v) is 2.36. The van der Waals surface area contributed by atoms with E-state index < -0.39 is 11.9 Å². The molecule has 2 heterocycles. The van der Waals surface area contributed by atoms with Gasteiger partial charge in [-0.2, -0.15) is 0 Å². The maximum Gasteiger partial charge on any atom is 0.354 e. The van der Waals surface area contributed by atoms with Gasteiger partial charge < -0.3 is 20.0 Å². The number of nitrogens with one attached hydrogen (secondary N) is 2. The van der Waals surface area contributed by atoms with E-state index in [9.17, 15) is 9.59 Å². The molecule has 0 radical (unpaired) electrons. The molecular formula is C14H16ClN3O3. The molecule has 0 unspecified atom stereocenters. The molecule has 0 saturated heterocycles. The summed E-state index contributed by atoms with van der Waals surface area (Å²) in [5.74, 6) is -1.52. The second-order valence-electron chi connectivity index (χ2n) is 4.74. The summed E-state index contributed by atoms with van der Waals surface area (Å²) in [6.07, 6.45) is 2.54. The van der Waals surface area contributed by atoms with Crippen LogP contribution in [0.2, 0.25) is 5.02 Å². The molecule has 0 spiro atoms. The van der Waals surface area contributed by atoms with Crippen molar-refractivity contribution in [2.24, 2.45) is 0 Å². The number of carbonyl (C=O) groups excluding carboxylic acids is 1. The number of carboxylic acid groups (broad SMARTS) is 1.